The zero-order chi connectivity index (χ0) is 12.2. The topological polar surface area (TPSA) is 55.1 Å². The van der Waals surface area contributed by atoms with Crippen LogP contribution in [-0.4, -0.2) is 19.0 Å². The van der Waals surface area contributed by atoms with E-state index in [0.29, 0.717) is 6.42 Å². The normalized spacial score (nSPS) is 13.4. The molecule has 0 aliphatic rings. The average Bonchev–Trinajstić information content (AvgIpc) is 2.26. The molecule has 0 saturated carbocycles. The van der Waals surface area contributed by atoms with E-state index in [1.165, 1.54) is 5.56 Å². The first-order chi connectivity index (χ1) is 7.48. The Bertz CT molecular complexity index is 346. The number of carbonyl (C=O) groups is 1. The van der Waals surface area contributed by atoms with Crippen LogP contribution in [0.4, 0.5) is 0 Å². The first-order valence-corrected chi connectivity index (χ1v) is 5.49. The monoisotopic (exact) mass is 220 g/mol. The zero-order valence-electron chi connectivity index (χ0n) is 10.2. The van der Waals surface area contributed by atoms with Crippen molar-refractivity contribution in [2.75, 3.05) is 7.05 Å². The summed E-state index contributed by atoms with van der Waals surface area (Å²) < 4.78 is 0. The van der Waals surface area contributed by atoms with Crippen LogP contribution in [0, 0.1) is 0 Å². The molecule has 3 heteroatoms. The summed E-state index contributed by atoms with van der Waals surface area (Å²) in [6.07, 6.45) is 0.346. The molecule has 0 spiro atoms. The van der Waals surface area contributed by atoms with Gasteiger partial charge in [-0.15, -0.1) is 0 Å². The van der Waals surface area contributed by atoms with Gasteiger partial charge in [0.1, 0.15) is 0 Å². The highest BCUT2D eigenvalue weighted by molar-refractivity contribution is 5.74. The summed E-state index contributed by atoms with van der Waals surface area (Å²) in [6, 6.07) is 10.2. The minimum atomic E-state index is -0.275. The summed E-state index contributed by atoms with van der Waals surface area (Å²) in [6.45, 7) is 4.24. The molecule has 1 aromatic carbocycles. The molecule has 0 heterocycles. The van der Waals surface area contributed by atoms with Crippen molar-refractivity contribution in [2.45, 2.75) is 31.7 Å². The lowest BCUT2D eigenvalue weighted by Gasteiger charge is -2.34. The van der Waals surface area contributed by atoms with Crippen LogP contribution < -0.4 is 11.1 Å². The highest BCUT2D eigenvalue weighted by Gasteiger charge is 2.30. The summed E-state index contributed by atoms with van der Waals surface area (Å²) >= 11 is 0. The van der Waals surface area contributed by atoms with Crippen molar-refractivity contribution in [3.8, 4) is 0 Å². The highest BCUT2D eigenvalue weighted by atomic mass is 16.1. The van der Waals surface area contributed by atoms with Crippen LogP contribution in [0.2, 0.25) is 0 Å². The molecular weight excluding hydrogens is 200 g/mol. The fourth-order valence-electron chi connectivity index (χ4n) is 1.99. The maximum absolute atomic E-state index is 11.0. The second-order valence-corrected chi connectivity index (χ2v) is 4.60. The molecule has 3 nitrogen and oxygen atoms in total. The Labute approximate surface area is 97.0 Å². The molecule has 0 unspecified atom stereocenters. The second kappa shape index (κ2) is 5.12. The van der Waals surface area contributed by atoms with E-state index in [-0.39, 0.29) is 17.4 Å². The molecule has 1 rings (SSSR count). The van der Waals surface area contributed by atoms with Gasteiger partial charge in [0.15, 0.2) is 0 Å². The summed E-state index contributed by atoms with van der Waals surface area (Å²) in [4.78, 5) is 11.0. The largest absolute Gasteiger partial charge is 0.370 e. The molecule has 16 heavy (non-hydrogen) atoms. The number of hydrogen-bond donors (Lipinski definition) is 2. The summed E-state index contributed by atoms with van der Waals surface area (Å²) in [7, 11) is 1.86. The van der Waals surface area contributed by atoms with Gasteiger partial charge in [0.2, 0.25) is 5.91 Å². The summed E-state index contributed by atoms with van der Waals surface area (Å²) in [5.74, 6) is -0.275. The number of rotatable bonds is 5. The first kappa shape index (κ1) is 12.7. The molecule has 1 atom stereocenters. The smallest absolute Gasteiger partial charge is 0.219 e. The molecule has 0 aliphatic heterocycles. The second-order valence-electron chi connectivity index (χ2n) is 4.60. The van der Waals surface area contributed by atoms with E-state index in [1.54, 1.807) is 0 Å². The maximum Gasteiger partial charge on any atom is 0.219 e. The van der Waals surface area contributed by atoms with Gasteiger partial charge in [0.05, 0.1) is 0 Å². The van der Waals surface area contributed by atoms with Gasteiger partial charge in [-0.3, -0.25) is 4.79 Å². The van der Waals surface area contributed by atoms with Crippen LogP contribution >= 0.6 is 0 Å². The molecule has 3 N–H and O–H groups in total. The Balaban J connectivity index is 2.94. The van der Waals surface area contributed by atoms with E-state index in [4.69, 9.17) is 5.73 Å². The van der Waals surface area contributed by atoms with Crippen molar-refractivity contribution in [1.29, 1.82) is 0 Å². The third-order valence-electron chi connectivity index (χ3n) is 3.14. The Morgan fingerprint density at radius 3 is 2.38 bits per heavy atom. The predicted molar refractivity (Wildman–Crippen MR) is 66.1 cm³/mol. The summed E-state index contributed by atoms with van der Waals surface area (Å²) in [5, 5.41) is 3.17. The third kappa shape index (κ3) is 2.83. The van der Waals surface area contributed by atoms with Crippen molar-refractivity contribution < 1.29 is 4.79 Å². The number of primary amides is 1. The molecule has 0 aromatic heterocycles. The zero-order valence-corrected chi connectivity index (χ0v) is 10.2. The lowest BCUT2D eigenvalue weighted by Crippen LogP contribution is -2.45. The van der Waals surface area contributed by atoms with E-state index in [1.807, 2.05) is 25.2 Å². The van der Waals surface area contributed by atoms with Crippen LogP contribution in [-0.2, 0) is 10.2 Å². The van der Waals surface area contributed by atoms with E-state index in [0.717, 1.165) is 0 Å². The number of likely N-dealkylation sites (N-methyl/N-ethyl adjacent to an activating group) is 1. The van der Waals surface area contributed by atoms with E-state index in [2.05, 4.69) is 31.3 Å². The average molecular weight is 220 g/mol. The molecular formula is C13H20N2O. The predicted octanol–water partition coefficient (Wildman–Crippen LogP) is 1.43. The number of amides is 1. The lowest BCUT2D eigenvalue weighted by molar-refractivity contribution is -0.118. The molecule has 0 bridgehead atoms. The number of nitrogens with one attached hydrogen (secondary N) is 1. The van der Waals surface area contributed by atoms with Crippen LogP contribution in [0.3, 0.4) is 0 Å². The molecule has 1 aromatic rings. The number of hydrogen-bond acceptors (Lipinski definition) is 2. The standard InChI is InChI=1S/C13H20N2O/c1-13(2,10-7-5-4-6-8-10)11(15-3)9-12(14)16/h4-8,11,15H,9H2,1-3H3,(H2,14,16)/t11-/m1/s1. The molecule has 0 radical (unpaired) electrons. The summed E-state index contributed by atoms with van der Waals surface area (Å²) in [5.41, 5.74) is 6.35. The lowest BCUT2D eigenvalue weighted by atomic mass is 9.76. The van der Waals surface area contributed by atoms with Crippen molar-refractivity contribution in [2.24, 2.45) is 5.73 Å². The van der Waals surface area contributed by atoms with Gasteiger partial charge in [-0.2, -0.15) is 0 Å². The highest BCUT2D eigenvalue weighted by Crippen LogP contribution is 2.28. The number of benzene rings is 1. The van der Waals surface area contributed by atoms with Gasteiger partial charge in [-0.25, -0.2) is 0 Å². The van der Waals surface area contributed by atoms with Crippen LogP contribution in [0.1, 0.15) is 25.8 Å². The number of carbonyl (C=O) groups excluding carboxylic acids is 1. The van der Waals surface area contributed by atoms with E-state index >= 15 is 0 Å². The minimum absolute atomic E-state index is 0.0485. The van der Waals surface area contributed by atoms with Crippen LogP contribution in [0.25, 0.3) is 0 Å². The van der Waals surface area contributed by atoms with Gasteiger partial charge < -0.3 is 11.1 Å². The van der Waals surface area contributed by atoms with Crippen molar-refractivity contribution >= 4 is 5.91 Å². The fraction of sp³-hybridized carbons (Fsp3) is 0.462. The fourth-order valence-corrected chi connectivity index (χ4v) is 1.99. The molecule has 1 amide bonds. The molecule has 88 valence electrons. The van der Waals surface area contributed by atoms with Gasteiger partial charge in [-0.05, 0) is 12.6 Å². The molecule has 0 fully saturated rings. The SMILES string of the molecule is CN[C@H](CC(N)=O)C(C)(C)c1ccccc1. The van der Waals surface area contributed by atoms with Gasteiger partial charge in [0.25, 0.3) is 0 Å². The maximum atomic E-state index is 11.0. The quantitative estimate of drug-likeness (QED) is 0.788. The van der Waals surface area contributed by atoms with Gasteiger partial charge in [-0.1, -0.05) is 44.2 Å². The Morgan fingerprint density at radius 2 is 1.94 bits per heavy atom. The number of nitrogens with two attached hydrogens (primary N) is 1. The van der Waals surface area contributed by atoms with Crippen LogP contribution in [0.5, 0.6) is 0 Å². The van der Waals surface area contributed by atoms with E-state index in [9.17, 15) is 4.79 Å². The molecule has 0 aliphatic carbocycles. The first-order valence-electron chi connectivity index (χ1n) is 5.49. The Kier molecular flexibility index (Phi) is 4.07. The van der Waals surface area contributed by atoms with Crippen molar-refractivity contribution in [1.82, 2.24) is 5.32 Å². The molecule has 0 saturated heterocycles. The van der Waals surface area contributed by atoms with Crippen molar-refractivity contribution in [3.05, 3.63) is 35.9 Å². The van der Waals surface area contributed by atoms with Gasteiger partial charge in [0, 0.05) is 17.9 Å². The van der Waals surface area contributed by atoms with E-state index < -0.39 is 0 Å². The Morgan fingerprint density at radius 1 is 1.38 bits per heavy atom. The third-order valence-corrected chi connectivity index (χ3v) is 3.14. The Hall–Kier alpha value is -1.35. The minimum Gasteiger partial charge on any atom is -0.370 e. The van der Waals surface area contributed by atoms with Crippen LogP contribution in [0.15, 0.2) is 30.3 Å². The van der Waals surface area contributed by atoms with Crippen molar-refractivity contribution in [3.63, 3.8) is 0 Å². The van der Waals surface area contributed by atoms with Gasteiger partial charge >= 0.3 is 0 Å².